The van der Waals surface area contributed by atoms with Crippen LogP contribution in [0.25, 0.3) is 11.0 Å². The molecule has 1 aromatic carbocycles. The van der Waals surface area contributed by atoms with Gasteiger partial charge in [-0.05, 0) is 30.2 Å². The summed E-state index contributed by atoms with van der Waals surface area (Å²) in [5, 5.41) is 9.37. The van der Waals surface area contributed by atoms with Crippen LogP contribution in [0.15, 0.2) is 36.5 Å². The number of methoxy groups -OCH3 is 1. The zero-order valence-corrected chi connectivity index (χ0v) is 18.1. The Labute approximate surface area is 180 Å². The molecule has 0 unspecified atom stereocenters. The topological polar surface area (TPSA) is 75.5 Å². The molecule has 158 valence electrons. The third kappa shape index (κ3) is 4.00. The lowest BCUT2D eigenvalue weighted by molar-refractivity contribution is 0.214. The lowest BCUT2D eigenvalue weighted by Gasteiger charge is -2.19. The maximum atomic E-state index is 12.0. The van der Waals surface area contributed by atoms with Gasteiger partial charge < -0.3 is 19.9 Å². The number of carbonyl (C=O) groups excluding carboxylic acids is 1. The van der Waals surface area contributed by atoms with E-state index in [0.717, 1.165) is 41.1 Å². The van der Waals surface area contributed by atoms with E-state index >= 15 is 0 Å². The molecule has 0 radical (unpaired) electrons. The lowest BCUT2D eigenvalue weighted by Crippen LogP contribution is -2.42. The normalized spacial score (nSPS) is 16.1. The van der Waals surface area contributed by atoms with Crippen LogP contribution in [0, 0.1) is 0 Å². The van der Waals surface area contributed by atoms with Gasteiger partial charge in [-0.15, -0.1) is 0 Å². The van der Waals surface area contributed by atoms with Crippen LogP contribution in [0.3, 0.4) is 0 Å². The summed E-state index contributed by atoms with van der Waals surface area (Å²) >= 11 is 6.55. The first-order valence-corrected chi connectivity index (χ1v) is 10.2. The van der Waals surface area contributed by atoms with Crippen molar-refractivity contribution in [1.29, 1.82) is 0 Å². The molecule has 2 amide bonds. The zero-order valence-electron chi connectivity index (χ0n) is 17.3. The van der Waals surface area contributed by atoms with Crippen LogP contribution in [-0.2, 0) is 6.54 Å². The molecule has 0 saturated carbocycles. The molecule has 0 aliphatic carbocycles. The Kier molecular flexibility index (Phi) is 5.67. The maximum absolute atomic E-state index is 12.0. The number of pyridine rings is 1. The molecule has 3 heterocycles. The van der Waals surface area contributed by atoms with Crippen molar-refractivity contribution in [3.8, 4) is 5.75 Å². The molecule has 1 fully saturated rings. The van der Waals surface area contributed by atoms with E-state index in [0.29, 0.717) is 18.1 Å². The number of halogens is 1. The van der Waals surface area contributed by atoms with E-state index in [1.54, 1.807) is 38.4 Å². The van der Waals surface area contributed by atoms with E-state index in [1.807, 2.05) is 28.9 Å². The summed E-state index contributed by atoms with van der Waals surface area (Å²) in [6.07, 6.45) is 2.55. The van der Waals surface area contributed by atoms with Gasteiger partial charge in [-0.2, -0.15) is 5.10 Å². The maximum Gasteiger partial charge on any atom is 0.317 e. The number of amides is 2. The predicted molar refractivity (Wildman–Crippen MR) is 117 cm³/mol. The van der Waals surface area contributed by atoms with Crippen molar-refractivity contribution in [3.63, 3.8) is 0 Å². The molecule has 1 atom stereocenters. The van der Waals surface area contributed by atoms with Gasteiger partial charge in [0.25, 0.3) is 0 Å². The highest BCUT2D eigenvalue weighted by molar-refractivity contribution is 6.36. The van der Waals surface area contributed by atoms with Gasteiger partial charge in [-0.1, -0.05) is 23.7 Å². The standard InChI is InChI=1S/C21H25ClN6O2/c1-26(2)21(29)24-15-9-11-27(13-15)20-18-17(22)8-10-23-19(18)28(25-20)12-14-4-6-16(30-3)7-5-14/h4-8,10,15H,9,11-13H2,1-3H3,(H,24,29)/t15-/m1/s1. The van der Waals surface area contributed by atoms with Gasteiger partial charge in [0.15, 0.2) is 11.5 Å². The number of nitrogens with zero attached hydrogens (tertiary/aromatic N) is 5. The Morgan fingerprint density at radius 3 is 2.77 bits per heavy atom. The van der Waals surface area contributed by atoms with Crippen molar-refractivity contribution in [3.05, 3.63) is 47.1 Å². The van der Waals surface area contributed by atoms with E-state index < -0.39 is 0 Å². The summed E-state index contributed by atoms with van der Waals surface area (Å²) < 4.78 is 7.12. The second kappa shape index (κ2) is 8.39. The van der Waals surface area contributed by atoms with Crippen LogP contribution in [0.4, 0.5) is 10.6 Å². The minimum Gasteiger partial charge on any atom is -0.497 e. The van der Waals surface area contributed by atoms with E-state index in [1.165, 1.54) is 0 Å². The molecule has 0 spiro atoms. The number of nitrogens with one attached hydrogen (secondary N) is 1. The molecular weight excluding hydrogens is 404 g/mol. The Balaban J connectivity index is 1.61. The van der Waals surface area contributed by atoms with Gasteiger partial charge in [0.1, 0.15) is 5.75 Å². The summed E-state index contributed by atoms with van der Waals surface area (Å²) in [7, 11) is 5.13. The van der Waals surface area contributed by atoms with E-state index in [4.69, 9.17) is 21.4 Å². The van der Waals surface area contributed by atoms with Crippen molar-refractivity contribution in [2.24, 2.45) is 0 Å². The van der Waals surface area contributed by atoms with Crippen molar-refractivity contribution in [2.45, 2.75) is 19.0 Å². The number of rotatable bonds is 5. The molecule has 30 heavy (non-hydrogen) atoms. The number of aromatic nitrogens is 3. The van der Waals surface area contributed by atoms with Crippen molar-refractivity contribution in [2.75, 3.05) is 39.2 Å². The number of carbonyl (C=O) groups is 1. The van der Waals surface area contributed by atoms with Gasteiger partial charge in [0.05, 0.1) is 24.1 Å². The first-order valence-electron chi connectivity index (χ1n) is 9.83. The minimum absolute atomic E-state index is 0.0668. The average molecular weight is 429 g/mol. The molecule has 0 bridgehead atoms. The average Bonchev–Trinajstić information content (AvgIpc) is 3.34. The summed E-state index contributed by atoms with van der Waals surface area (Å²) in [6, 6.07) is 9.66. The molecule has 8 nitrogen and oxygen atoms in total. The van der Waals surface area contributed by atoms with Gasteiger partial charge in [-0.3, -0.25) is 0 Å². The number of benzene rings is 1. The highest BCUT2D eigenvalue weighted by Crippen LogP contribution is 2.33. The summed E-state index contributed by atoms with van der Waals surface area (Å²) in [4.78, 5) is 20.3. The highest BCUT2D eigenvalue weighted by Gasteiger charge is 2.29. The second-order valence-electron chi connectivity index (χ2n) is 7.60. The van der Waals surface area contributed by atoms with Crippen molar-refractivity contribution < 1.29 is 9.53 Å². The number of hydrogen-bond donors (Lipinski definition) is 1. The molecule has 1 aliphatic rings. The second-order valence-corrected chi connectivity index (χ2v) is 8.00. The third-order valence-corrected chi connectivity index (χ3v) is 5.59. The fourth-order valence-electron chi connectivity index (χ4n) is 3.65. The quantitative estimate of drug-likeness (QED) is 0.676. The summed E-state index contributed by atoms with van der Waals surface area (Å²) in [5.41, 5.74) is 1.83. The fraction of sp³-hybridized carbons (Fsp3) is 0.381. The van der Waals surface area contributed by atoms with Crippen molar-refractivity contribution >= 4 is 34.5 Å². The van der Waals surface area contributed by atoms with Gasteiger partial charge >= 0.3 is 6.03 Å². The Bertz CT molecular complexity index is 1050. The zero-order chi connectivity index (χ0) is 21.3. The molecule has 4 rings (SSSR count). The third-order valence-electron chi connectivity index (χ3n) is 5.28. The smallest absolute Gasteiger partial charge is 0.317 e. The Morgan fingerprint density at radius 1 is 1.30 bits per heavy atom. The number of fused-ring (bicyclic) bond motifs is 1. The molecule has 1 saturated heterocycles. The number of anilines is 1. The van der Waals surface area contributed by atoms with Crippen LogP contribution in [0.1, 0.15) is 12.0 Å². The molecule has 2 aromatic heterocycles. The predicted octanol–water partition coefficient (Wildman–Crippen LogP) is 2.99. The first kappa shape index (κ1) is 20.3. The number of hydrogen-bond acceptors (Lipinski definition) is 5. The largest absolute Gasteiger partial charge is 0.497 e. The van der Waals surface area contributed by atoms with Gasteiger partial charge in [0, 0.05) is 39.4 Å². The van der Waals surface area contributed by atoms with Crippen LogP contribution >= 0.6 is 11.6 Å². The van der Waals surface area contributed by atoms with E-state index in [9.17, 15) is 4.79 Å². The van der Waals surface area contributed by atoms with Crippen LogP contribution in [0.5, 0.6) is 5.75 Å². The van der Waals surface area contributed by atoms with Crippen LogP contribution in [-0.4, -0.2) is 66.0 Å². The van der Waals surface area contributed by atoms with E-state index in [2.05, 4.69) is 15.2 Å². The molecule has 1 N–H and O–H groups in total. The molecule has 1 aliphatic heterocycles. The van der Waals surface area contributed by atoms with Gasteiger partial charge in [-0.25, -0.2) is 14.5 Å². The Hall–Kier alpha value is -3.00. The molecular formula is C21H25ClN6O2. The van der Waals surface area contributed by atoms with Crippen molar-refractivity contribution in [1.82, 2.24) is 25.0 Å². The Morgan fingerprint density at radius 2 is 2.07 bits per heavy atom. The van der Waals surface area contributed by atoms with Crippen LogP contribution < -0.4 is 15.0 Å². The van der Waals surface area contributed by atoms with Crippen LogP contribution in [0.2, 0.25) is 5.02 Å². The number of urea groups is 1. The fourth-order valence-corrected chi connectivity index (χ4v) is 3.88. The highest BCUT2D eigenvalue weighted by atomic mass is 35.5. The summed E-state index contributed by atoms with van der Waals surface area (Å²) in [6.45, 7) is 2.04. The first-order chi connectivity index (χ1) is 14.5. The SMILES string of the molecule is COc1ccc(Cn2nc(N3CC[C@@H](NC(=O)N(C)C)C3)c3c(Cl)ccnc32)cc1. The molecule has 9 heteroatoms. The monoisotopic (exact) mass is 428 g/mol. The van der Waals surface area contributed by atoms with Gasteiger partial charge in [0.2, 0.25) is 0 Å². The number of ether oxygens (including phenoxy) is 1. The molecule has 3 aromatic rings. The summed E-state index contributed by atoms with van der Waals surface area (Å²) in [5.74, 6) is 1.62. The minimum atomic E-state index is -0.0866. The lowest BCUT2D eigenvalue weighted by atomic mass is 10.2. The van der Waals surface area contributed by atoms with E-state index in [-0.39, 0.29) is 12.1 Å².